The minimum Gasteiger partial charge on any atom is -0.396 e. The SMILES string of the molecule is CCn1nccc1-c1ccc(N)c(F)c1. The molecule has 0 unspecified atom stereocenters. The second-order valence-electron chi connectivity index (χ2n) is 3.27. The number of benzene rings is 1. The standard InChI is InChI=1S/C11H12FN3/c1-2-15-11(5-6-14-15)8-3-4-10(13)9(12)7-8/h3-7H,2,13H2,1H3. The van der Waals surface area contributed by atoms with Crippen LogP contribution in [0.1, 0.15) is 6.92 Å². The summed E-state index contributed by atoms with van der Waals surface area (Å²) in [5.74, 6) is -0.392. The van der Waals surface area contributed by atoms with E-state index in [-0.39, 0.29) is 5.69 Å². The molecular weight excluding hydrogens is 193 g/mol. The van der Waals surface area contributed by atoms with Crippen molar-refractivity contribution in [3.63, 3.8) is 0 Å². The van der Waals surface area contributed by atoms with Crippen LogP contribution in [0.5, 0.6) is 0 Å². The first-order valence-electron chi connectivity index (χ1n) is 4.79. The van der Waals surface area contributed by atoms with Gasteiger partial charge in [-0.05, 0) is 25.1 Å². The molecule has 15 heavy (non-hydrogen) atoms. The van der Waals surface area contributed by atoms with Crippen molar-refractivity contribution in [2.45, 2.75) is 13.5 Å². The summed E-state index contributed by atoms with van der Waals surface area (Å²) in [4.78, 5) is 0. The molecule has 0 aliphatic carbocycles. The summed E-state index contributed by atoms with van der Waals surface area (Å²) in [7, 11) is 0. The first-order chi connectivity index (χ1) is 7.22. The molecule has 0 saturated carbocycles. The van der Waals surface area contributed by atoms with E-state index in [1.165, 1.54) is 6.07 Å². The number of anilines is 1. The first-order valence-corrected chi connectivity index (χ1v) is 4.79. The number of nitrogens with zero attached hydrogens (tertiary/aromatic N) is 2. The molecule has 0 aliphatic heterocycles. The molecule has 2 N–H and O–H groups in total. The van der Waals surface area contributed by atoms with Crippen LogP contribution in [0.4, 0.5) is 10.1 Å². The Bertz CT molecular complexity index is 476. The van der Waals surface area contributed by atoms with Crippen molar-refractivity contribution in [3.05, 3.63) is 36.3 Å². The minimum atomic E-state index is -0.392. The van der Waals surface area contributed by atoms with Gasteiger partial charge in [0.25, 0.3) is 0 Å². The molecule has 0 amide bonds. The molecule has 0 bridgehead atoms. The van der Waals surface area contributed by atoms with Crippen LogP contribution in [0.15, 0.2) is 30.5 Å². The van der Waals surface area contributed by atoms with Gasteiger partial charge >= 0.3 is 0 Å². The Labute approximate surface area is 87.3 Å². The number of hydrogen-bond acceptors (Lipinski definition) is 2. The van der Waals surface area contributed by atoms with Crippen LogP contribution >= 0.6 is 0 Å². The summed E-state index contributed by atoms with van der Waals surface area (Å²) in [5, 5.41) is 4.13. The molecule has 0 radical (unpaired) electrons. The van der Waals surface area contributed by atoms with Gasteiger partial charge in [-0.2, -0.15) is 5.10 Å². The highest BCUT2D eigenvalue weighted by Crippen LogP contribution is 2.22. The molecule has 1 heterocycles. The fraction of sp³-hybridized carbons (Fsp3) is 0.182. The minimum absolute atomic E-state index is 0.168. The van der Waals surface area contributed by atoms with Gasteiger partial charge in [-0.25, -0.2) is 4.39 Å². The molecule has 78 valence electrons. The molecule has 1 aromatic heterocycles. The highest BCUT2D eigenvalue weighted by atomic mass is 19.1. The number of nitrogens with two attached hydrogens (primary N) is 1. The maximum atomic E-state index is 13.3. The van der Waals surface area contributed by atoms with Gasteiger partial charge in [0.2, 0.25) is 0 Å². The normalized spacial score (nSPS) is 10.5. The zero-order chi connectivity index (χ0) is 10.8. The van der Waals surface area contributed by atoms with Gasteiger partial charge < -0.3 is 5.73 Å². The van der Waals surface area contributed by atoms with Crippen molar-refractivity contribution in [1.29, 1.82) is 0 Å². The molecule has 2 rings (SSSR count). The van der Waals surface area contributed by atoms with Crippen LogP contribution in [0.2, 0.25) is 0 Å². The van der Waals surface area contributed by atoms with E-state index >= 15 is 0 Å². The van der Waals surface area contributed by atoms with Crippen LogP contribution < -0.4 is 5.73 Å². The topological polar surface area (TPSA) is 43.8 Å². The molecule has 3 nitrogen and oxygen atoms in total. The first kappa shape index (κ1) is 9.71. The number of aryl methyl sites for hydroxylation is 1. The van der Waals surface area contributed by atoms with E-state index < -0.39 is 5.82 Å². The predicted molar refractivity (Wildman–Crippen MR) is 57.7 cm³/mol. The van der Waals surface area contributed by atoms with Crippen LogP contribution in [0.25, 0.3) is 11.3 Å². The Morgan fingerprint density at radius 3 is 2.87 bits per heavy atom. The van der Waals surface area contributed by atoms with Gasteiger partial charge in [0.1, 0.15) is 5.82 Å². The van der Waals surface area contributed by atoms with Crippen molar-refractivity contribution in [1.82, 2.24) is 9.78 Å². The van der Waals surface area contributed by atoms with E-state index in [4.69, 9.17) is 5.73 Å². The number of halogens is 1. The largest absolute Gasteiger partial charge is 0.396 e. The highest BCUT2D eigenvalue weighted by Gasteiger charge is 2.06. The van der Waals surface area contributed by atoms with E-state index in [2.05, 4.69) is 5.10 Å². The predicted octanol–water partition coefficient (Wildman–Crippen LogP) is 2.29. The third-order valence-electron chi connectivity index (χ3n) is 2.31. The summed E-state index contributed by atoms with van der Waals surface area (Å²) in [6, 6.07) is 6.65. The van der Waals surface area contributed by atoms with Crippen LogP contribution in [0, 0.1) is 5.82 Å². The zero-order valence-electron chi connectivity index (χ0n) is 8.44. The molecule has 2 aromatic rings. The Hall–Kier alpha value is -1.84. The van der Waals surface area contributed by atoms with Gasteiger partial charge in [-0.3, -0.25) is 4.68 Å². The quantitative estimate of drug-likeness (QED) is 0.764. The Balaban J connectivity index is 2.50. The maximum absolute atomic E-state index is 13.3. The van der Waals surface area contributed by atoms with Crippen molar-refractivity contribution in [2.24, 2.45) is 0 Å². The van der Waals surface area contributed by atoms with Gasteiger partial charge in [-0.15, -0.1) is 0 Å². The highest BCUT2D eigenvalue weighted by molar-refractivity contribution is 5.62. The van der Waals surface area contributed by atoms with Gasteiger partial charge in [0.15, 0.2) is 0 Å². The summed E-state index contributed by atoms with van der Waals surface area (Å²) < 4.78 is 15.1. The third kappa shape index (κ3) is 1.70. The number of hydrogen-bond donors (Lipinski definition) is 1. The van der Waals surface area contributed by atoms with E-state index in [1.54, 1.807) is 18.3 Å². The Morgan fingerprint density at radius 1 is 1.40 bits per heavy atom. The Morgan fingerprint density at radius 2 is 2.20 bits per heavy atom. The molecular formula is C11H12FN3. The zero-order valence-corrected chi connectivity index (χ0v) is 8.44. The van der Waals surface area contributed by atoms with Crippen LogP contribution in [-0.4, -0.2) is 9.78 Å². The molecule has 0 atom stereocenters. The summed E-state index contributed by atoms with van der Waals surface area (Å²) >= 11 is 0. The van der Waals surface area contributed by atoms with E-state index in [0.717, 1.165) is 17.8 Å². The van der Waals surface area contributed by atoms with Crippen molar-refractivity contribution in [2.75, 3.05) is 5.73 Å². The fourth-order valence-electron chi connectivity index (χ4n) is 1.52. The molecule has 0 spiro atoms. The average molecular weight is 205 g/mol. The maximum Gasteiger partial charge on any atom is 0.146 e. The smallest absolute Gasteiger partial charge is 0.146 e. The molecule has 0 fully saturated rings. The Kier molecular flexibility index (Phi) is 2.41. The lowest BCUT2D eigenvalue weighted by Gasteiger charge is -2.05. The second kappa shape index (κ2) is 3.73. The van der Waals surface area contributed by atoms with Gasteiger partial charge in [0, 0.05) is 18.3 Å². The van der Waals surface area contributed by atoms with E-state index in [9.17, 15) is 4.39 Å². The molecule has 1 aromatic carbocycles. The van der Waals surface area contributed by atoms with Gasteiger partial charge in [0.05, 0.1) is 11.4 Å². The second-order valence-corrected chi connectivity index (χ2v) is 3.27. The lowest BCUT2D eigenvalue weighted by molar-refractivity contribution is 0.631. The third-order valence-corrected chi connectivity index (χ3v) is 2.31. The summed E-state index contributed by atoms with van der Waals surface area (Å²) in [6.07, 6.45) is 1.70. The molecule has 4 heteroatoms. The average Bonchev–Trinajstić information content (AvgIpc) is 2.70. The van der Waals surface area contributed by atoms with Crippen LogP contribution in [0.3, 0.4) is 0 Å². The number of aromatic nitrogens is 2. The molecule has 0 aliphatic rings. The van der Waals surface area contributed by atoms with Crippen molar-refractivity contribution in [3.8, 4) is 11.3 Å². The van der Waals surface area contributed by atoms with Crippen molar-refractivity contribution >= 4 is 5.69 Å². The lowest BCUT2D eigenvalue weighted by Crippen LogP contribution is -1.99. The summed E-state index contributed by atoms with van der Waals surface area (Å²) in [6.45, 7) is 2.75. The summed E-state index contributed by atoms with van der Waals surface area (Å²) in [5.41, 5.74) is 7.28. The van der Waals surface area contributed by atoms with Crippen molar-refractivity contribution < 1.29 is 4.39 Å². The van der Waals surface area contributed by atoms with Crippen LogP contribution in [-0.2, 0) is 6.54 Å². The number of rotatable bonds is 2. The lowest BCUT2D eigenvalue weighted by atomic mass is 10.1. The molecule has 0 saturated heterocycles. The fourth-order valence-corrected chi connectivity index (χ4v) is 1.52. The number of nitrogen functional groups attached to an aromatic ring is 1. The van der Waals surface area contributed by atoms with E-state index in [1.807, 2.05) is 17.7 Å². The van der Waals surface area contributed by atoms with Gasteiger partial charge in [-0.1, -0.05) is 6.07 Å². The monoisotopic (exact) mass is 205 g/mol. The van der Waals surface area contributed by atoms with E-state index in [0.29, 0.717) is 0 Å².